The number of aliphatic hydroxyl groups is 4. The lowest BCUT2D eigenvalue weighted by Gasteiger charge is -2.08. The Hall–Kier alpha value is -0.690. The molecule has 4 N–H and O–H groups in total. The Morgan fingerprint density at radius 1 is 0.773 bits per heavy atom. The fourth-order valence-electron chi connectivity index (χ4n) is 2.12. The Morgan fingerprint density at radius 3 is 1.82 bits per heavy atom. The molecule has 2 unspecified atom stereocenters. The van der Waals surface area contributed by atoms with Gasteiger partial charge in [-0.3, -0.25) is 4.79 Å². The molecule has 0 rings (SSSR count). The van der Waals surface area contributed by atoms with Gasteiger partial charge in [-0.25, -0.2) is 0 Å². The number of ether oxygens (including phenoxy) is 1. The van der Waals surface area contributed by atoms with E-state index in [1.165, 1.54) is 0 Å². The molecule has 0 heterocycles. The Kier molecular flexibility index (Phi) is 14.7. The summed E-state index contributed by atoms with van der Waals surface area (Å²) in [7, 11) is 0. The van der Waals surface area contributed by atoms with Gasteiger partial charge in [-0.2, -0.15) is 0 Å². The number of aliphatic hydroxyl groups excluding tert-OH is 4. The van der Waals surface area contributed by atoms with Crippen molar-refractivity contribution in [2.75, 3.05) is 19.8 Å². The summed E-state index contributed by atoms with van der Waals surface area (Å²) in [6, 6.07) is 0. The highest BCUT2D eigenvalue weighted by Gasteiger charge is 2.07. The first-order valence-electron chi connectivity index (χ1n) is 8.33. The highest BCUT2D eigenvalue weighted by Crippen LogP contribution is 2.11. The molecule has 0 aliphatic heterocycles. The van der Waals surface area contributed by atoms with E-state index in [9.17, 15) is 9.90 Å². The maximum Gasteiger partial charge on any atom is 0.305 e. The van der Waals surface area contributed by atoms with E-state index in [-0.39, 0.29) is 19.2 Å². The van der Waals surface area contributed by atoms with Crippen LogP contribution in [-0.4, -0.2) is 58.4 Å². The summed E-state index contributed by atoms with van der Waals surface area (Å²) >= 11 is 0. The van der Waals surface area contributed by atoms with Crippen LogP contribution in [0.3, 0.4) is 0 Å². The van der Waals surface area contributed by atoms with Crippen LogP contribution in [0.4, 0.5) is 0 Å². The van der Waals surface area contributed by atoms with Crippen molar-refractivity contribution in [3.8, 4) is 0 Å². The molecule has 0 aliphatic carbocycles. The van der Waals surface area contributed by atoms with Crippen molar-refractivity contribution in [1.29, 1.82) is 0 Å². The summed E-state index contributed by atoms with van der Waals surface area (Å²) < 4.78 is 4.81. The Balaban J connectivity index is 3.21. The molecule has 0 saturated carbocycles. The molecule has 6 nitrogen and oxygen atoms in total. The highest BCUT2D eigenvalue weighted by atomic mass is 16.5. The lowest BCUT2D eigenvalue weighted by atomic mass is 10.1. The van der Waals surface area contributed by atoms with Crippen molar-refractivity contribution in [3.63, 3.8) is 0 Å². The van der Waals surface area contributed by atoms with Crippen LogP contribution < -0.4 is 0 Å². The number of esters is 1. The normalized spacial score (nSPS) is 13.8. The molecule has 2 atom stereocenters. The lowest BCUT2D eigenvalue weighted by Crippen LogP contribution is -2.21. The molecule has 22 heavy (non-hydrogen) atoms. The van der Waals surface area contributed by atoms with E-state index in [0.29, 0.717) is 12.8 Å². The van der Waals surface area contributed by atoms with E-state index in [1.807, 2.05) is 0 Å². The van der Waals surface area contributed by atoms with Gasteiger partial charge in [-0.1, -0.05) is 44.9 Å². The molecule has 0 saturated heterocycles. The molecule has 0 aromatic rings. The summed E-state index contributed by atoms with van der Waals surface area (Å²) in [5.74, 6) is -0.324. The highest BCUT2D eigenvalue weighted by molar-refractivity contribution is 5.69. The summed E-state index contributed by atoms with van der Waals surface area (Å²) in [6.07, 6.45) is 7.80. The second-order valence-corrected chi connectivity index (χ2v) is 5.72. The monoisotopic (exact) mass is 320 g/mol. The third-order valence-electron chi connectivity index (χ3n) is 3.53. The van der Waals surface area contributed by atoms with Crippen molar-refractivity contribution >= 4 is 5.97 Å². The first-order chi connectivity index (χ1) is 10.6. The van der Waals surface area contributed by atoms with Crippen molar-refractivity contribution in [2.24, 2.45) is 0 Å². The molecular formula is C16H32O6. The molecule has 0 aromatic carbocycles. The number of rotatable bonds is 15. The molecule has 0 fully saturated rings. The number of carbonyl (C=O) groups is 1. The number of unbranched alkanes of at least 4 members (excludes halogenated alkanes) is 7. The van der Waals surface area contributed by atoms with Crippen LogP contribution in [0, 0.1) is 0 Å². The van der Waals surface area contributed by atoms with Gasteiger partial charge >= 0.3 is 5.97 Å². The standard InChI is InChI=1S/C16H32O6/c17-11-14(19)9-7-5-3-1-2-4-6-8-10-16(21)22-13-15(20)12-18/h14-15,17-20H,1-13H2. The van der Waals surface area contributed by atoms with Crippen molar-refractivity contribution in [1.82, 2.24) is 0 Å². The van der Waals surface area contributed by atoms with Gasteiger partial charge in [0, 0.05) is 6.42 Å². The predicted octanol–water partition coefficient (Wildman–Crippen LogP) is 1.14. The van der Waals surface area contributed by atoms with E-state index in [2.05, 4.69) is 0 Å². The Labute approximate surface area is 133 Å². The van der Waals surface area contributed by atoms with Crippen molar-refractivity contribution < 1.29 is 30.0 Å². The average Bonchev–Trinajstić information content (AvgIpc) is 2.53. The fourth-order valence-corrected chi connectivity index (χ4v) is 2.12. The fraction of sp³-hybridized carbons (Fsp3) is 0.938. The number of hydrogen-bond donors (Lipinski definition) is 4. The van der Waals surface area contributed by atoms with Gasteiger partial charge in [0.2, 0.25) is 0 Å². The maximum absolute atomic E-state index is 11.3. The third kappa shape index (κ3) is 14.3. The second-order valence-electron chi connectivity index (χ2n) is 5.72. The molecule has 0 spiro atoms. The van der Waals surface area contributed by atoms with Gasteiger partial charge in [0.25, 0.3) is 0 Å². The molecule has 0 amide bonds. The van der Waals surface area contributed by atoms with Crippen LogP contribution in [0.2, 0.25) is 0 Å². The third-order valence-corrected chi connectivity index (χ3v) is 3.53. The number of hydrogen-bond acceptors (Lipinski definition) is 6. The van der Waals surface area contributed by atoms with Gasteiger partial charge in [0.05, 0.1) is 19.3 Å². The van der Waals surface area contributed by atoms with E-state index >= 15 is 0 Å². The zero-order chi connectivity index (χ0) is 16.6. The second kappa shape index (κ2) is 15.2. The predicted molar refractivity (Wildman–Crippen MR) is 83.3 cm³/mol. The SMILES string of the molecule is O=C(CCCCCCCCCCC(O)CO)OCC(O)CO. The minimum Gasteiger partial charge on any atom is -0.463 e. The van der Waals surface area contributed by atoms with E-state index in [1.54, 1.807) is 0 Å². The van der Waals surface area contributed by atoms with Crippen molar-refractivity contribution in [3.05, 3.63) is 0 Å². The van der Waals surface area contributed by atoms with Crippen LogP contribution in [0.5, 0.6) is 0 Å². The van der Waals surface area contributed by atoms with Gasteiger partial charge < -0.3 is 25.2 Å². The first-order valence-corrected chi connectivity index (χ1v) is 8.33. The first kappa shape index (κ1) is 21.3. The van der Waals surface area contributed by atoms with Gasteiger partial charge in [-0.05, 0) is 12.8 Å². The zero-order valence-corrected chi connectivity index (χ0v) is 13.5. The molecule has 6 heteroatoms. The molecule has 0 bridgehead atoms. The van der Waals surface area contributed by atoms with Crippen LogP contribution >= 0.6 is 0 Å². The van der Waals surface area contributed by atoms with E-state index in [0.717, 1.165) is 51.4 Å². The lowest BCUT2D eigenvalue weighted by molar-refractivity contribution is -0.147. The molecule has 0 radical (unpaired) electrons. The Bertz CT molecular complexity index is 259. The molecule has 0 aromatic heterocycles. The topological polar surface area (TPSA) is 107 Å². The Morgan fingerprint density at radius 2 is 1.27 bits per heavy atom. The van der Waals surface area contributed by atoms with Crippen LogP contribution in [0.15, 0.2) is 0 Å². The van der Waals surface area contributed by atoms with Crippen molar-refractivity contribution in [2.45, 2.75) is 76.4 Å². The molecule has 132 valence electrons. The van der Waals surface area contributed by atoms with Gasteiger partial charge in [0.1, 0.15) is 12.7 Å². The molecule has 0 aliphatic rings. The smallest absolute Gasteiger partial charge is 0.305 e. The summed E-state index contributed by atoms with van der Waals surface area (Å²) in [4.78, 5) is 11.3. The minimum absolute atomic E-state index is 0.139. The van der Waals surface area contributed by atoms with E-state index in [4.69, 9.17) is 20.1 Å². The quantitative estimate of drug-likeness (QED) is 0.266. The van der Waals surface area contributed by atoms with Crippen LogP contribution in [0.1, 0.15) is 64.2 Å². The minimum atomic E-state index is -0.984. The maximum atomic E-state index is 11.3. The zero-order valence-electron chi connectivity index (χ0n) is 13.5. The van der Waals surface area contributed by atoms with Crippen LogP contribution in [-0.2, 0) is 9.53 Å². The summed E-state index contributed by atoms with van der Waals surface area (Å²) in [5, 5.41) is 35.4. The summed E-state index contributed by atoms with van der Waals surface area (Å²) in [6.45, 7) is -0.687. The van der Waals surface area contributed by atoms with E-state index < -0.39 is 18.8 Å². The largest absolute Gasteiger partial charge is 0.463 e. The number of carbonyl (C=O) groups excluding carboxylic acids is 1. The van der Waals surface area contributed by atoms with Gasteiger partial charge in [-0.15, -0.1) is 0 Å². The van der Waals surface area contributed by atoms with Gasteiger partial charge in [0.15, 0.2) is 0 Å². The molecular weight excluding hydrogens is 288 g/mol. The summed E-state index contributed by atoms with van der Waals surface area (Å²) in [5.41, 5.74) is 0. The average molecular weight is 320 g/mol. The van der Waals surface area contributed by atoms with Crippen LogP contribution in [0.25, 0.3) is 0 Å².